The standard InChI is InChI=1S/2C12H18/c1-5-12(3,4)11-8-6-10(2)7-9-11;1-5-12(3,4)11-8-6-7-10(2)9-11/h2*6-9H,5H2,1-4H3. The van der Waals surface area contributed by atoms with Gasteiger partial charge in [-0.25, -0.2) is 0 Å². The van der Waals surface area contributed by atoms with Gasteiger partial charge in [0.1, 0.15) is 0 Å². The molecule has 0 amide bonds. The van der Waals surface area contributed by atoms with Crippen LogP contribution < -0.4 is 0 Å². The summed E-state index contributed by atoms with van der Waals surface area (Å²) >= 11 is 0. The van der Waals surface area contributed by atoms with Crippen LogP contribution in [0.4, 0.5) is 0 Å². The Morgan fingerprint density at radius 2 is 1.12 bits per heavy atom. The molecule has 0 fully saturated rings. The molecule has 0 saturated carbocycles. The molecule has 24 heavy (non-hydrogen) atoms. The third-order valence-corrected chi connectivity index (χ3v) is 5.40. The normalized spacial score (nSPS) is 11.7. The van der Waals surface area contributed by atoms with Crippen LogP contribution in [-0.2, 0) is 10.8 Å². The Labute approximate surface area is 150 Å². The molecule has 0 aliphatic carbocycles. The summed E-state index contributed by atoms with van der Waals surface area (Å²) in [6.07, 6.45) is 2.38. The van der Waals surface area contributed by atoms with Gasteiger partial charge < -0.3 is 0 Å². The molecule has 0 aromatic heterocycles. The van der Waals surface area contributed by atoms with Crippen LogP contribution >= 0.6 is 0 Å². The van der Waals surface area contributed by atoms with Gasteiger partial charge in [0, 0.05) is 0 Å². The van der Waals surface area contributed by atoms with Crippen molar-refractivity contribution in [3.05, 3.63) is 70.8 Å². The monoisotopic (exact) mass is 324 g/mol. The van der Waals surface area contributed by atoms with E-state index in [9.17, 15) is 0 Å². The van der Waals surface area contributed by atoms with E-state index in [0.717, 1.165) is 0 Å². The largest absolute Gasteiger partial charge is 0.0646 e. The summed E-state index contributed by atoms with van der Waals surface area (Å²) < 4.78 is 0. The fourth-order valence-electron chi connectivity index (χ4n) is 2.48. The van der Waals surface area contributed by atoms with Gasteiger partial charge in [0.05, 0.1) is 0 Å². The average Bonchev–Trinajstić information content (AvgIpc) is 2.56. The second-order valence-electron chi connectivity index (χ2n) is 8.21. The Kier molecular flexibility index (Phi) is 7.27. The van der Waals surface area contributed by atoms with E-state index in [1.165, 1.54) is 35.1 Å². The zero-order valence-corrected chi connectivity index (χ0v) is 17.0. The second-order valence-corrected chi connectivity index (χ2v) is 8.21. The summed E-state index contributed by atoms with van der Waals surface area (Å²) in [6.45, 7) is 17.9. The molecule has 0 N–H and O–H groups in total. The van der Waals surface area contributed by atoms with E-state index < -0.39 is 0 Å². The zero-order chi connectivity index (χ0) is 18.4. The van der Waals surface area contributed by atoms with E-state index in [4.69, 9.17) is 0 Å². The molecule has 0 heteroatoms. The van der Waals surface area contributed by atoms with Crippen LogP contribution in [0, 0.1) is 13.8 Å². The maximum Gasteiger partial charge on any atom is -0.0106 e. The Hall–Kier alpha value is -1.56. The van der Waals surface area contributed by atoms with Crippen LogP contribution in [0.2, 0.25) is 0 Å². The van der Waals surface area contributed by atoms with Crippen molar-refractivity contribution in [3.63, 3.8) is 0 Å². The van der Waals surface area contributed by atoms with Crippen molar-refractivity contribution in [1.29, 1.82) is 0 Å². The van der Waals surface area contributed by atoms with Crippen LogP contribution in [0.3, 0.4) is 0 Å². The van der Waals surface area contributed by atoms with Crippen molar-refractivity contribution in [2.24, 2.45) is 0 Å². The molecule has 0 bridgehead atoms. The smallest absolute Gasteiger partial charge is 0.0106 e. The Balaban J connectivity index is 0.000000240. The van der Waals surface area contributed by atoms with Gasteiger partial charge in [0.2, 0.25) is 0 Å². The predicted molar refractivity (Wildman–Crippen MR) is 109 cm³/mol. The van der Waals surface area contributed by atoms with Gasteiger partial charge in [-0.3, -0.25) is 0 Å². The van der Waals surface area contributed by atoms with Gasteiger partial charge in [-0.2, -0.15) is 0 Å². The molecule has 0 atom stereocenters. The predicted octanol–water partition coefficient (Wildman–Crippen LogP) is 7.37. The Morgan fingerprint density at radius 3 is 1.58 bits per heavy atom. The highest BCUT2D eigenvalue weighted by atomic mass is 14.2. The maximum absolute atomic E-state index is 2.29. The van der Waals surface area contributed by atoms with Crippen molar-refractivity contribution in [1.82, 2.24) is 0 Å². The first-order chi connectivity index (χ1) is 11.1. The first-order valence-corrected chi connectivity index (χ1v) is 9.26. The molecule has 0 saturated heterocycles. The number of rotatable bonds is 4. The van der Waals surface area contributed by atoms with Gasteiger partial charge in [0.15, 0.2) is 0 Å². The highest BCUT2D eigenvalue weighted by Gasteiger charge is 2.17. The third-order valence-electron chi connectivity index (χ3n) is 5.40. The summed E-state index contributed by atoms with van der Waals surface area (Å²) in [5, 5.41) is 0. The molecule has 132 valence electrons. The van der Waals surface area contributed by atoms with E-state index in [-0.39, 0.29) is 0 Å². The van der Waals surface area contributed by atoms with Crippen LogP contribution in [-0.4, -0.2) is 0 Å². The molecule has 0 aliphatic heterocycles. The van der Waals surface area contributed by atoms with Gasteiger partial charge in [-0.15, -0.1) is 0 Å². The summed E-state index contributed by atoms with van der Waals surface area (Å²) in [5.74, 6) is 0. The molecular formula is C24H36. The van der Waals surface area contributed by atoms with Crippen molar-refractivity contribution >= 4 is 0 Å². The van der Waals surface area contributed by atoms with Gasteiger partial charge >= 0.3 is 0 Å². The summed E-state index contributed by atoms with van der Waals surface area (Å²) in [7, 11) is 0. The molecule has 0 heterocycles. The Bertz CT molecular complexity index is 615. The summed E-state index contributed by atoms with van der Waals surface area (Å²) in [4.78, 5) is 0. The molecular weight excluding hydrogens is 288 g/mol. The second kappa shape index (κ2) is 8.51. The minimum atomic E-state index is 0.325. The number of aryl methyl sites for hydroxylation is 2. The fraction of sp³-hybridized carbons (Fsp3) is 0.500. The van der Waals surface area contributed by atoms with Crippen LogP contribution in [0.15, 0.2) is 48.5 Å². The molecule has 0 unspecified atom stereocenters. The molecule has 2 rings (SSSR count). The minimum Gasteiger partial charge on any atom is -0.0646 e. The topological polar surface area (TPSA) is 0 Å². The van der Waals surface area contributed by atoms with Crippen LogP contribution in [0.1, 0.15) is 76.6 Å². The van der Waals surface area contributed by atoms with E-state index >= 15 is 0 Å². The molecule has 0 aliphatic rings. The highest BCUT2D eigenvalue weighted by Crippen LogP contribution is 2.27. The lowest BCUT2D eigenvalue weighted by atomic mass is 9.82. The highest BCUT2D eigenvalue weighted by molar-refractivity contribution is 5.28. The fourth-order valence-corrected chi connectivity index (χ4v) is 2.48. The van der Waals surface area contributed by atoms with E-state index in [1.807, 2.05) is 0 Å². The van der Waals surface area contributed by atoms with E-state index in [1.54, 1.807) is 0 Å². The summed E-state index contributed by atoms with van der Waals surface area (Å²) in [6, 6.07) is 17.6. The van der Waals surface area contributed by atoms with Crippen molar-refractivity contribution < 1.29 is 0 Å². The number of benzene rings is 2. The lowest BCUT2D eigenvalue weighted by Crippen LogP contribution is -2.15. The maximum atomic E-state index is 2.29. The first-order valence-electron chi connectivity index (χ1n) is 9.26. The molecule has 2 aromatic carbocycles. The van der Waals surface area contributed by atoms with Gasteiger partial charge in [0.25, 0.3) is 0 Å². The lowest BCUT2D eigenvalue weighted by Gasteiger charge is -2.23. The molecule has 0 nitrogen and oxygen atoms in total. The molecule has 0 radical (unpaired) electrons. The van der Waals surface area contributed by atoms with Crippen LogP contribution in [0.5, 0.6) is 0 Å². The SMILES string of the molecule is CCC(C)(C)c1ccc(C)cc1.CCC(C)(C)c1cccc(C)c1. The van der Waals surface area contributed by atoms with Crippen molar-refractivity contribution in [2.45, 2.75) is 79.1 Å². The first kappa shape index (κ1) is 20.5. The molecule has 0 spiro atoms. The van der Waals surface area contributed by atoms with Gasteiger partial charge in [-0.1, -0.05) is 101 Å². The minimum absolute atomic E-state index is 0.325. The van der Waals surface area contributed by atoms with Crippen molar-refractivity contribution in [2.75, 3.05) is 0 Å². The van der Waals surface area contributed by atoms with E-state index in [2.05, 4.69) is 104 Å². The number of hydrogen-bond acceptors (Lipinski definition) is 0. The number of hydrogen-bond donors (Lipinski definition) is 0. The quantitative estimate of drug-likeness (QED) is 0.551. The Morgan fingerprint density at radius 1 is 0.625 bits per heavy atom. The summed E-state index contributed by atoms with van der Waals surface area (Å²) in [5.41, 5.74) is 6.24. The van der Waals surface area contributed by atoms with Gasteiger partial charge in [-0.05, 0) is 48.6 Å². The third kappa shape index (κ3) is 5.82. The zero-order valence-electron chi connectivity index (χ0n) is 17.0. The lowest BCUT2D eigenvalue weighted by molar-refractivity contribution is 0.506. The average molecular weight is 325 g/mol. The van der Waals surface area contributed by atoms with Crippen LogP contribution in [0.25, 0.3) is 0 Å². The van der Waals surface area contributed by atoms with E-state index in [0.29, 0.717) is 10.8 Å². The molecule has 2 aromatic rings. The van der Waals surface area contributed by atoms with Crippen molar-refractivity contribution in [3.8, 4) is 0 Å².